The minimum atomic E-state index is -1.07. The Kier molecular flexibility index (Phi) is 5.48. The molecule has 2 heterocycles. The molecule has 1 unspecified atom stereocenters. The average Bonchev–Trinajstić information content (AvgIpc) is 3.14. The predicted octanol–water partition coefficient (Wildman–Crippen LogP) is 2.90. The molecule has 26 heavy (non-hydrogen) atoms. The number of amides is 1. The van der Waals surface area contributed by atoms with Crippen molar-refractivity contribution in [1.29, 1.82) is 0 Å². The summed E-state index contributed by atoms with van der Waals surface area (Å²) in [6.45, 7) is 2.87. The van der Waals surface area contributed by atoms with E-state index in [-0.39, 0.29) is 17.4 Å². The number of aromatic nitrogens is 1. The van der Waals surface area contributed by atoms with Crippen molar-refractivity contribution in [3.05, 3.63) is 53.3 Å². The van der Waals surface area contributed by atoms with Crippen molar-refractivity contribution < 1.29 is 24.2 Å². The van der Waals surface area contributed by atoms with E-state index in [9.17, 15) is 9.59 Å². The van der Waals surface area contributed by atoms with E-state index in [0.29, 0.717) is 23.7 Å². The molecule has 1 aromatic carbocycles. The van der Waals surface area contributed by atoms with Crippen LogP contribution < -0.4 is 10.1 Å². The molecule has 2 aromatic rings. The van der Waals surface area contributed by atoms with Crippen molar-refractivity contribution in [2.24, 2.45) is 0 Å². The topological polar surface area (TPSA) is 97.8 Å². The monoisotopic (exact) mass is 356 g/mol. The summed E-state index contributed by atoms with van der Waals surface area (Å²) in [4.78, 5) is 27.3. The van der Waals surface area contributed by atoms with Gasteiger partial charge in [0.1, 0.15) is 18.1 Å². The molecule has 0 bridgehead atoms. The highest BCUT2D eigenvalue weighted by atomic mass is 16.5. The predicted molar refractivity (Wildman–Crippen MR) is 94.8 cm³/mol. The SMILES string of the molecule is Cc1nc(C(=O)Nc2ccc(OCC3CCCO3)cc2)ccc1C(=O)O. The van der Waals surface area contributed by atoms with Crippen LogP contribution in [-0.2, 0) is 4.74 Å². The molecule has 1 atom stereocenters. The fraction of sp³-hybridized carbons (Fsp3) is 0.316. The minimum Gasteiger partial charge on any atom is -0.491 e. The van der Waals surface area contributed by atoms with E-state index in [0.717, 1.165) is 19.4 Å². The number of aryl methyl sites for hydroxylation is 1. The second kappa shape index (κ2) is 7.97. The number of nitrogens with one attached hydrogen (secondary N) is 1. The number of carbonyl (C=O) groups is 2. The molecular weight excluding hydrogens is 336 g/mol. The van der Waals surface area contributed by atoms with Crippen molar-refractivity contribution in [3.63, 3.8) is 0 Å². The number of carboxylic acid groups (broad SMARTS) is 1. The number of pyridine rings is 1. The lowest BCUT2D eigenvalue weighted by molar-refractivity contribution is 0.0679. The maximum atomic E-state index is 12.3. The maximum Gasteiger partial charge on any atom is 0.337 e. The average molecular weight is 356 g/mol. The number of carbonyl (C=O) groups excluding carboxylic acids is 1. The highest BCUT2D eigenvalue weighted by Crippen LogP contribution is 2.19. The van der Waals surface area contributed by atoms with Crippen molar-refractivity contribution in [2.75, 3.05) is 18.5 Å². The third-order valence-corrected chi connectivity index (χ3v) is 4.12. The molecule has 2 N–H and O–H groups in total. The van der Waals surface area contributed by atoms with Crippen LogP contribution in [0.25, 0.3) is 0 Å². The van der Waals surface area contributed by atoms with E-state index in [1.165, 1.54) is 12.1 Å². The summed E-state index contributed by atoms with van der Waals surface area (Å²) < 4.78 is 11.2. The van der Waals surface area contributed by atoms with Crippen LogP contribution in [0.5, 0.6) is 5.75 Å². The van der Waals surface area contributed by atoms with Crippen LogP contribution in [0.15, 0.2) is 36.4 Å². The van der Waals surface area contributed by atoms with Gasteiger partial charge in [0, 0.05) is 12.3 Å². The van der Waals surface area contributed by atoms with Crippen LogP contribution in [0.3, 0.4) is 0 Å². The molecule has 0 spiro atoms. The highest BCUT2D eigenvalue weighted by molar-refractivity contribution is 6.03. The molecule has 0 radical (unpaired) electrons. The van der Waals surface area contributed by atoms with Crippen LogP contribution in [0.1, 0.15) is 39.4 Å². The van der Waals surface area contributed by atoms with Crippen LogP contribution in [-0.4, -0.2) is 41.3 Å². The molecule has 1 fully saturated rings. The third kappa shape index (κ3) is 4.37. The van der Waals surface area contributed by atoms with E-state index < -0.39 is 11.9 Å². The smallest absolute Gasteiger partial charge is 0.337 e. The number of hydrogen-bond donors (Lipinski definition) is 2. The number of anilines is 1. The van der Waals surface area contributed by atoms with Crippen LogP contribution in [0, 0.1) is 6.92 Å². The van der Waals surface area contributed by atoms with E-state index in [1.54, 1.807) is 31.2 Å². The number of rotatable bonds is 6. The van der Waals surface area contributed by atoms with Gasteiger partial charge in [0.2, 0.25) is 0 Å². The van der Waals surface area contributed by atoms with Gasteiger partial charge >= 0.3 is 5.97 Å². The van der Waals surface area contributed by atoms with E-state index in [4.69, 9.17) is 14.6 Å². The molecule has 1 saturated heterocycles. The van der Waals surface area contributed by atoms with Gasteiger partial charge in [-0.3, -0.25) is 4.79 Å². The van der Waals surface area contributed by atoms with Gasteiger partial charge in [0.25, 0.3) is 5.91 Å². The Labute approximate surface area is 151 Å². The zero-order chi connectivity index (χ0) is 18.5. The Bertz CT molecular complexity index is 798. The fourth-order valence-electron chi connectivity index (χ4n) is 2.71. The van der Waals surface area contributed by atoms with Gasteiger partial charge < -0.3 is 19.9 Å². The van der Waals surface area contributed by atoms with Crippen molar-refractivity contribution in [3.8, 4) is 5.75 Å². The number of nitrogens with zero attached hydrogens (tertiary/aromatic N) is 1. The summed E-state index contributed by atoms with van der Waals surface area (Å²) in [6.07, 6.45) is 2.23. The summed E-state index contributed by atoms with van der Waals surface area (Å²) in [5.41, 5.74) is 1.13. The van der Waals surface area contributed by atoms with Crippen LogP contribution in [0.4, 0.5) is 5.69 Å². The second-order valence-electron chi connectivity index (χ2n) is 6.06. The summed E-state index contributed by atoms with van der Waals surface area (Å²) in [5, 5.41) is 11.7. The Balaban J connectivity index is 1.58. The molecular formula is C19H20N2O5. The second-order valence-corrected chi connectivity index (χ2v) is 6.06. The molecule has 1 aromatic heterocycles. The number of aromatic carboxylic acids is 1. The molecule has 1 aliphatic rings. The van der Waals surface area contributed by atoms with Gasteiger partial charge in [-0.2, -0.15) is 0 Å². The Morgan fingerprint density at radius 3 is 2.65 bits per heavy atom. The Hall–Kier alpha value is -2.93. The van der Waals surface area contributed by atoms with Gasteiger partial charge in [0.15, 0.2) is 0 Å². The minimum absolute atomic E-state index is 0.0780. The van der Waals surface area contributed by atoms with E-state index in [2.05, 4.69) is 10.3 Å². The zero-order valence-corrected chi connectivity index (χ0v) is 14.4. The summed E-state index contributed by atoms with van der Waals surface area (Å²) in [7, 11) is 0. The molecule has 0 saturated carbocycles. The number of hydrogen-bond acceptors (Lipinski definition) is 5. The van der Waals surface area contributed by atoms with Gasteiger partial charge in [-0.05, 0) is 56.2 Å². The van der Waals surface area contributed by atoms with Crippen molar-refractivity contribution in [1.82, 2.24) is 4.98 Å². The molecule has 136 valence electrons. The molecule has 3 rings (SSSR count). The lowest BCUT2D eigenvalue weighted by Gasteiger charge is -2.12. The van der Waals surface area contributed by atoms with Gasteiger partial charge in [-0.15, -0.1) is 0 Å². The summed E-state index contributed by atoms with van der Waals surface area (Å²) in [5.74, 6) is -0.767. The van der Waals surface area contributed by atoms with Gasteiger partial charge in [-0.1, -0.05) is 0 Å². The zero-order valence-electron chi connectivity index (χ0n) is 14.4. The highest BCUT2D eigenvalue weighted by Gasteiger charge is 2.16. The van der Waals surface area contributed by atoms with Gasteiger partial charge in [0.05, 0.1) is 17.4 Å². The number of carboxylic acids is 1. The number of benzene rings is 1. The Morgan fingerprint density at radius 2 is 2.04 bits per heavy atom. The van der Waals surface area contributed by atoms with E-state index >= 15 is 0 Å². The first-order valence-corrected chi connectivity index (χ1v) is 8.39. The van der Waals surface area contributed by atoms with Gasteiger partial charge in [-0.25, -0.2) is 9.78 Å². The largest absolute Gasteiger partial charge is 0.491 e. The van der Waals surface area contributed by atoms with E-state index in [1.807, 2.05) is 0 Å². The van der Waals surface area contributed by atoms with Crippen LogP contribution >= 0.6 is 0 Å². The molecule has 7 heteroatoms. The third-order valence-electron chi connectivity index (χ3n) is 4.12. The van der Waals surface area contributed by atoms with Crippen molar-refractivity contribution in [2.45, 2.75) is 25.9 Å². The first-order valence-electron chi connectivity index (χ1n) is 8.39. The summed E-state index contributed by atoms with van der Waals surface area (Å²) in [6, 6.07) is 9.79. The standard InChI is InChI=1S/C19H20N2O5/c1-12-16(19(23)24)8-9-17(20-12)18(22)21-13-4-6-14(7-5-13)26-11-15-3-2-10-25-15/h4-9,15H,2-3,10-11H2,1H3,(H,21,22)(H,23,24). The summed E-state index contributed by atoms with van der Waals surface area (Å²) >= 11 is 0. The molecule has 7 nitrogen and oxygen atoms in total. The first-order chi connectivity index (χ1) is 12.5. The number of ether oxygens (including phenoxy) is 2. The lowest BCUT2D eigenvalue weighted by atomic mass is 10.2. The quantitative estimate of drug-likeness (QED) is 0.826. The normalized spacial score (nSPS) is 16.3. The molecule has 1 amide bonds. The molecule has 0 aliphatic carbocycles. The van der Waals surface area contributed by atoms with Crippen LogP contribution in [0.2, 0.25) is 0 Å². The maximum absolute atomic E-state index is 12.3. The first kappa shape index (κ1) is 17.9. The van der Waals surface area contributed by atoms with Crippen molar-refractivity contribution >= 4 is 17.6 Å². The Morgan fingerprint density at radius 1 is 1.27 bits per heavy atom. The molecule has 1 aliphatic heterocycles. The fourth-order valence-corrected chi connectivity index (χ4v) is 2.71. The lowest BCUT2D eigenvalue weighted by Crippen LogP contribution is -2.16.